The molecule has 24 heavy (non-hydrogen) atoms. The Hall–Kier alpha value is -2.33. The highest BCUT2D eigenvalue weighted by Crippen LogP contribution is 2.33. The Bertz CT molecular complexity index is 816. The second-order valence-corrected chi connectivity index (χ2v) is 6.72. The molecule has 1 saturated heterocycles. The molecule has 0 N–H and O–H groups in total. The van der Waals surface area contributed by atoms with Gasteiger partial charge < -0.3 is 9.09 Å². The number of hydrogen-bond donors (Lipinski definition) is 0. The highest BCUT2D eigenvalue weighted by atomic mass is 16.5. The monoisotopic (exact) mass is 321 g/mol. The molecule has 0 radical (unpaired) electrons. The van der Waals surface area contributed by atoms with Gasteiger partial charge in [0.2, 0.25) is 0 Å². The van der Waals surface area contributed by atoms with Crippen LogP contribution in [0.15, 0.2) is 53.2 Å². The van der Waals surface area contributed by atoms with Crippen LogP contribution in [0.3, 0.4) is 0 Å². The van der Waals surface area contributed by atoms with E-state index in [2.05, 4.69) is 77.3 Å². The SMILES string of the molecule is Cc1ccc(-c2cc(CN3CCCC3c3cccn3C)on2)cc1. The fourth-order valence-corrected chi connectivity index (χ4v) is 3.62. The van der Waals surface area contributed by atoms with Crippen LogP contribution in [-0.4, -0.2) is 21.2 Å². The van der Waals surface area contributed by atoms with Crippen LogP contribution in [0, 0.1) is 6.92 Å². The summed E-state index contributed by atoms with van der Waals surface area (Å²) in [5.74, 6) is 0.937. The van der Waals surface area contributed by atoms with Gasteiger partial charge in [-0.3, -0.25) is 4.90 Å². The molecule has 0 aliphatic carbocycles. The zero-order valence-corrected chi connectivity index (χ0v) is 14.3. The summed E-state index contributed by atoms with van der Waals surface area (Å²) in [4.78, 5) is 2.49. The number of benzene rings is 1. The van der Waals surface area contributed by atoms with E-state index in [1.807, 2.05) is 0 Å². The summed E-state index contributed by atoms with van der Waals surface area (Å²) >= 11 is 0. The van der Waals surface area contributed by atoms with Crippen molar-refractivity contribution in [1.82, 2.24) is 14.6 Å². The lowest BCUT2D eigenvalue weighted by Crippen LogP contribution is -2.23. The van der Waals surface area contributed by atoms with E-state index < -0.39 is 0 Å². The third-order valence-corrected chi connectivity index (χ3v) is 4.95. The van der Waals surface area contributed by atoms with Crippen molar-refractivity contribution in [3.63, 3.8) is 0 Å². The van der Waals surface area contributed by atoms with Gasteiger partial charge in [0.25, 0.3) is 0 Å². The molecule has 1 aliphatic heterocycles. The molecule has 4 rings (SSSR count). The molecule has 0 saturated carbocycles. The summed E-state index contributed by atoms with van der Waals surface area (Å²) in [6.07, 6.45) is 4.56. The highest BCUT2D eigenvalue weighted by Gasteiger charge is 2.28. The summed E-state index contributed by atoms with van der Waals surface area (Å²) in [6, 6.07) is 15.3. The summed E-state index contributed by atoms with van der Waals surface area (Å²) in [7, 11) is 2.12. The van der Waals surface area contributed by atoms with Gasteiger partial charge in [-0.1, -0.05) is 35.0 Å². The summed E-state index contributed by atoms with van der Waals surface area (Å²) in [5.41, 5.74) is 4.66. The molecule has 0 spiro atoms. The van der Waals surface area contributed by atoms with Gasteiger partial charge in [-0.25, -0.2) is 0 Å². The maximum Gasteiger partial charge on any atom is 0.151 e. The fourth-order valence-electron chi connectivity index (χ4n) is 3.62. The molecular weight excluding hydrogens is 298 g/mol. The smallest absolute Gasteiger partial charge is 0.151 e. The molecule has 3 heterocycles. The number of nitrogens with zero attached hydrogens (tertiary/aromatic N) is 3. The standard InChI is InChI=1S/C20H23N3O/c1-15-7-9-16(10-8-15)18-13-17(24-21-18)14-23-12-4-6-20(23)19-5-3-11-22(19)2/h3,5,7-11,13,20H,4,6,12,14H2,1-2H3. The first-order valence-electron chi connectivity index (χ1n) is 8.58. The fraction of sp³-hybridized carbons (Fsp3) is 0.350. The lowest BCUT2D eigenvalue weighted by Gasteiger charge is -2.23. The van der Waals surface area contributed by atoms with Crippen molar-refractivity contribution in [2.75, 3.05) is 6.54 Å². The third kappa shape index (κ3) is 2.89. The second-order valence-electron chi connectivity index (χ2n) is 6.72. The predicted molar refractivity (Wildman–Crippen MR) is 94.5 cm³/mol. The van der Waals surface area contributed by atoms with E-state index in [9.17, 15) is 0 Å². The van der Waals surface area contributed by atoms with Crippen molar-refractivity contribution in [2.45, 2.75) is 32.4 Å². The Morgan fingerprint density at radius 1 is 1.21 bits per heavy atom. The van der Waals surface area contributed by atoms with Crippen molar-refractivity contribution in [3.05, 3.63) is 65.7 Å². The van der Waals surface area contributed by atoms with Crippen molar-refractivity contribution < 1.29 is 4.52 Å². The quantitative estimate of drug-likeness (QED) is 0.717. The second kappa shape index (κ2) is 6.29. The molecule has 1 aromatic carbocycles. The van der Waals surface area contributed by atoms with Crippen molar-refractivity contribution >= 4 is 0 Å². The van der Waals surface area contributed by atoms with Crippen LogP contribution >= 0.6 is 0 Å². The first-order valence-corrected chi connectivity index (χ1v) is 8.58. The third-order valence-electron chi connectivity index (χ3n) is 4.95. The normalized spacial score (nSPS) is 18.3. The van der Waals surface area contributed by atoms with Crippen LogP contribution in [0.5, 0.6) is 0 Å². The van der Waals surface area contributed by atoms with Crippen LogP contribution in [0.1, 0.15) is 35.9 Å². The Balaban J connectivity index is 1.51. The lowest BCUT2D eigenvalue weighted by atomic mass is 10.1. The zero-order chi connectivity index (χ0) is 16.5. The van der Waals surface area contributed by atoms with Crippen LogP contribution in [0.25, 0.3) is 11.3 Å². The molecule has 0 amide bonds. The van der Waals surface area contributed by atoms with Gasteiger partial charge in [-0.05, 0) is 38.4 Å². The molecular formula is C20H23N3O. The molecule has 4 nitrogen and oxygen atoms in total. The highest BCUT2D eigenvalue weighted by molar-refractivity contribution is 5.59. The van der Waals surface area contributed by atoms with E-state index in [0.29, 0.717) is 6.04 Å². The Kier molecular flexibility index (Phi) is 3.98. The molecule has 124 valence electrons. The minimum Gasteiger partial charge on any atom is -0.359 e. The molecule has 1 fully saturated rings. The molecule has 4 heteroatoms. The molecule has 3 aromatic rings. The molecule has 1 atom stereocenters. The minimum absolute atomic E-state index is 0.470. The molecule has 1 aliphatic rings. The van der Waals surface area contributed by atoms with Gasteiger partial charge in [-0.15, -0.1) is 0 Å². The first-order chi connectivity index (χ1) is 11.7. The predicted octanol–water partition coefficient (Wildman–Crippen LogP) is 4.33. The van der Waals surface area contributed by atoms with Crippen LogP contribution < -0.4 is 0 Å². The Morgan fingerprint density at radius 2 is 2.04 bits per heavy atom. The van der Waals surface area contributed by atoms with Crippen molar-refractivity contribution in [2.24, 2.45) is 7.05 Å². The number of rotatable bonds is 4. The van der Waals surface area contributed by atoms with E-state index >= 15 is 0 Å². The summed E-state index contributed by atoms with van der Waals surface area (Å²) in [6.45, 7) is 4.01. The topological polar surface area (TPSA) is 34.2 Å². The average Bonchev–Trinajstić information content (AvgIpc) is 3.30. The molecule has 2 aromatic heterocycles. The van der Waals surface area contributed by atoms with Crippen LogP contribution in [0.2, 0.25) is 0 Å². The Morgan fingerprint density at radius 3 is 2.79 bits per heavy atom. The van der Waals surface area contributed by atoms with E-state index in [0.717, 1.165) is 30.1 Å². The van der Waals surface area contributed by atoms with Gasteiger partial charge in [0, 0.05) is 30.6 Å². The van der Waals surface area contributed by atoms with Crippen LogP contribution in [-0.2, 0) is 13.6 Å². The number of aryl methyl sites for hydroxylation is 2. The summed E-state index contributed by atoms with van der Waals surface area (Å²) in [5, 5.41) is 4.26. The van der Waals surface area contributed by atoms with Gasteiger partial charge in [0.15, 0.2) is 5.76 Å². The average molecular weight is 321 g/mol. The number of likely N-dealkylation sites (tertiary alicyclic amines) is 1. The van der Waals surface area contributed by atoms with Crippen molar-refractivity contribution in [1.29, 1.82) is 0 Å². The van der Waals surface area contributed by atoms with E-state index in [1.54, 1.807) is 0 Å². The van der Waals surface area contributed by atoms with E-state index in [4.69, 9.17) is 4.52 Å². The summed E-state index contributed by atoms with van der Waals surface area (Å²) < 4.78 is 7.83. The number of hydrogen-bond acceptors (Lipinski definition) is 3. The lowest BCUT2D eigenvalue weighted by molar-refractivity contribution is 0.211. The van der Waals surface area contributed by atoms with Crippen LogP contribution in [0.4, 0.5) is 0 Å². The zero-order valence-electron chi connectivity index (χ0n) is 14.3. The van der Waals surface area contributed by atoms with Gasteiger partial charge in [-0.2, -0.15) is 0 Å². The Labute approximate surface area is 142 Å². The molecule has 0 bridgehead atoms. The van der Waals surface area contributed by atoms with E-state index in [-0.39, 0.29) is 0 Å². The van der Waals surface area contributed by atoms with Gasteiger partial charge in [0.05, 0.1) is 12.6 Å². The number of aromatic nitrogens is 2. The van der Waals surface area contributed by atoms with E-state index in [1.165, 1.54) is 24.1 Å². The maximum absolute atomic E-state index is 5.61. The maximum atomic E-state index is 5.61. The van der Waals surface area contributed by atoms with Gasteiger partial charge in [0.1, 0.15) is 5.69 Å². The largest absolute Gasteiger partial charge is 0.359 e. The minimum atomic E-state index is 0.470. The van der Waals surface area contributed by atoms with Crippen molar-refractivity contribution in [3.8, 4) is 11.3 Å². The van der Waals surface area contributed by atoms with Gasteiger partial charge >= 0.3 is 0 Å². The first kappa shape index (κ1) is 15.2. The molecule has 1 unspecified atom stereocenters.